The topological polar surface area (TPSA) is 29.5 Å². The van der Waals surface area contributed by atoms with Crippen molar-refractivity contribution >= 4 is 0 Å². The number of fused-ring (bicyclic) bond motifs is 7. The van der Waals surface area contributed by atoms with E-state index in [1.165, 1.54) is 68.9 Å². The van der Waals surface area contributed by atoms with Crippen molar-refractivity contribution in [1.82, 2.24) is 0 Å². The Kier molecular flexibility index (Phi) is 5.79. The van der Waals surface area contributed by atoms with Crippen molar-refractivity contribution in [3.8, 4) is 5.75 Å². The maximum atomic E-state index is 12.0. The zero-order valence-corrected chi connectivity index (χ0v) is 21.1. The van der Waals surface area contributed by atoms with Gasteiger partial charge in [-0.15, -0.1) is 0 Å². The summed E-state index contributed by atoms with van der Waals surface area (Å²) in [7, 11) is 0. The second-order valence-corrected chi connectivity index (χ2v) is 12.2. The lowest BCUT2D eigenvalue weighted by atomic mass is 9.49. The molecule has 182 valence electrons. The Balaban J connectivity index is 1.30. The summed E-state index contributed by atoms with van der Waals surface area (Å²) in [6.07, 6.45) is 12.3. The van der Waals surface area contributed by atoms with Gasteiger partial charge >= 0.3 is 0 Å². The van der Waals surface area contributed by atoms with E-state index >= 15 is 0 Å². The minimum Gasteiger partial charge on any atom is -0.489 e. The molecule has 0 heterocycles. The van der Waals surface area contributed by atoms with Crippen LogP contribution in [0.2, 0.25) is 0 Å². The molecule has 7 atom stereocenters. The standard InChI is InChI=1S/C32H42O2/c1-3-9-23-18-24-19-26(34-21-22-10-5-4-6-11-22)13-14-27(24)28-15-17-31(2)29(30(23)28)20-25-12-7-8-16-32(25,31)33/h4-6,10-11,13-14,19,23,25,28-30,33H,3,7-9,12,15-18,20-21H2,1-2H3/t23-,25-,28?,29?,30?,31+,32+/m1/s1. The predicted octanol–water partition coefficient (Wildman–Crippen LogP) is 7.68. The van der Waals surface area contributed by atoms with Gasteiger partial charge in [-0.05, 0) is 102 Å². The zero-order valence-electron chi connectivity index (χ0n) is 21.1. The molecule has 2 aromatic rings. The second kappa shape index (κ2) is 8.70. The fourth-order valence-electron chi connectivity index (χ4n) is 9.15. The van der Waals surface area contributed by atoms with Crippen LogP contribution >= 0.6 is 0 Å². The van der Waals surface area contributed by atoms with Crippen LogP contribution in [0.15, 0.2) is 48.5 Å². The van der Waals surface area contributed by atoms with E-state index in [0.717, 1.165) is 24.0 Å². The second-order valence-electron chi connectivity index (χ2n) is 12.2. The minimum absolute atomic E-state index is 0.113. The molecular weight excluding hydrogens is 416 g/mol. The molecule has 3 unspecified atom stereocenters. The first kappa shape index (κ1) is 22.7. The molecule has 6 rings (SSSR count). The van der Waals surface area contributed by atoms with Gasteiger partial charge in [-0.1, -0.05) is 75.9 Å². The monoisotopic (exact) mass is 458 g/mol. The van der Waals surface area contributed by atoms with E-state index in [9.17, 15) is 5.11 Å². The average Bonchev–Trinajstić information content (AvgIpc) is 3.10. The Morgan fingerprint density at radius 3 is 2.71 bits per heavy atom. The molecule has 4 aliphatic rings. The normalized spacial score (nSPS) is 38.4. The first-order chi connectivity index (χ1) is 16.5. The van der Waals surface area contributed by atoms with Crippen LogP contribution in [0.4, 0.5) is 0 Å². The van der Waals surface area contributed by atoms with Gasteiger partial charge in [0.15, 0.2) is 0 Å². The average molecular weight is 459 g/mol. The molecule has 0 aliphatic heterocycles. The molecule has 3 fully saturated rings. The van der Waals surface area contributed by atoms with Gasteiger partial charge in [0.25, 0.3) is 0 Å². The molecule has 1 N–H and O–H groups in total. The number of ether oxygens (including phenoxy) is 1. The quantitative estimate of drug-likeness (QED) is 0.498. The Morgan fingerprint density at radius 2 is 1.88 bits per heavy atom. The third-order valence-electron chi connectivity index (χ3n) is 10.7. The number of hydrogen-bond donors (Lipinski definition) is 1. The highest BCUT2D eigenvalue weighted by molar-refractivity contribution is 5.42. The van der Waals surface area contributed by atoms with Crippen LogP contribution in [-0.4, -0.2) is 10.7 Å². The van der Waals surface area contributed by atoms with E-state index in [0.29, 0.717) is 24.4 Å². The van der Waals surface area contributed by atoms with Gasteiger partial charge in [0, 0.05) is 0 Å². The fraction of sp³-hybridized carbons (Fsp3) is 0.625. The van der Waals surface area contributed by atoms with Crippen LogP contribution in [0.1, 0.15) is 94.2 Å². The van der Waals surface area contributed by atoms with Crippen molar-refractivity contribution in [2.75, 3.05) is 0 Å². The minimum atomic E-state index is -0.410. The van der Waals surface area contributed by atoms with Crippen LogP contribution in [0.3, 0.4) is 0 Å². The molecule has 2 aromatic carbocycles. The molecule has 0 aromatic heterocycles. The van der Waals surface area contributed by atoms with Crippen LogP contribution in [0.5, 0.6) is 5.75 Å². The van der Waals surface area contributed by atoms with Crippen molar-refractivity contribution in [2.24, 2.45) is 29.1 Å². The lowest BCUT2D eigenvalue weighted by Crippen LogP contribution is -2.54. The SMILES string of the molecule is CCC[C@@H]1Cc2cc(OCc3ccccc3)ccc2C2CC[C@@]3(C)C(C[C@H]4CCCC[C@]43O)C21. The van der Waals surface area contributed by atoms with Crippen molar-refractivity contribution in [3.05, 3.63) is 65.2 Å². The first-order valence-electron chi connectivity index (χ1n) is 14.1. The molecular formula is C32H42O2. The molecule has 2 heteroatoms. The lowest BCUT2D eigenvalue weighted by Gasteiger charge is -2.56. The number of aliphatic hydroxyl groups is 1. The first-order valence-corrected chi connectivity index (χ1v) is 14.1. The molecule has 4 aliphatic carbocycles. The summed E-state index contributed by atoms with van der Waals surface area (Å²) in [5.74, 6) is 4.35. The van der Waals surface area contributed by atoms with Gasteiger partial charge in [-0.3, -0.25) is 0 Å². The third kappa shape index (κ3) is 3.47. The van der Waals surface area contributed by atoms with Gasteiger partial charge in [0.05, 0.1) is 5.60 Å². The number of benzene rings is 2. The highest BCUT2D eigenvalue weighted by atomic mass is 16.5. The molecule has 2 nitrogen and oxygen atoms in total. The van der Waals surface area contributed by atoms with E-state index in [-0.39, 0.29) is 5.41 Å². The van der Waals surface area contributed by atoms with Gasteiger partial charge < -0.3 is 9.84 Å². The maximum Gasteiger partial charge on any atom is 0.120 e. The molecule has 0 bridgehead atoms. The fourth-order valence-corrected chi connectivity index (χ4v) is 9.15. The Bertz CT molecular complexity index is 1010. The highest BCUT2D eigenvalue weighted by Crippen LogP contribution is 2.69. The summed E-state index contributed by atoms with van der Waals surface area (Å²) in [6.45, 7) is 5.47. The van der Waals surface area contributed by atoms with Crippen molar-refractivity contribution in [1.29, 1.82) is 0 Å². The summed E-state index contributed by atoms with van der Waals surface area (Å²) in [4.78, 5) is 0. The molecule has 0 saturated heterocycles. The molecule has 0 amide bonds. The van der Waals surface area contributed by atoms with E-state index in [2.05, 4.69) is 62.4 Å². The Hall–Kier alpha value is -1.80. The number of rotatable bonds is 5. The zero-order chi connectivity index (χ0) is 23.3. The molecule has 0 spiro atoms. The summed E-state index contributed by atoms with van der Waals surface area (Å²) < 4.78 is 6.22. The Labute approximate surface area is 206 Å². The summed E-state index contributed by atoms with van der Waals surface area (Å²) in [6, 6.07) is 17.4. The summed E-state index contributed by atoms with van der Waals surface area (Å²) >= 11 is 0. The molecule has 34 heavy (non-hydrogen) atoms. The van der Waals surface area contributed by atoms with Gasteiger partial charge in [0.2, 0.25) is 0 Å². The smallest absolute Gasteiger partial charge is 0.120 e. The van der Waals surface area contributed by atoms with Crippen LogP contribution in [0, 0.1) is 29.1 Å². The van der Waals surface area contributed by atoms with Gasteiger partial charge in [0.1, 0.15) is 12.4 Å². The third-order valence-corrected chi connectivity index (χ3v) is 10.7. The predicted molar refractivity (Wildman–Crippen MR) is 138 cm³/mol. The van der Waals surface area contributed by atoms with E-state index in [1.807, 2.05) is 0 Å². The lowest BCUT2D eigenvalue weighted by molar-refractivity contribution is -0.140. The maximum absolute atomic E-state index is 12.0. The molecule has 3 saturated carbocycles. The van der Waals surface area contributed by atoms with Crippen LogP contribution in [-0.2, 0) is 13.0 Å². The highest BCUT2D eigenvalue weighted by Gasteiger charge is 2.66. The van der Waals surface area contributed by atoms with Crippen molar-refractivity contribution < 1.29 is 9.84 Å². The molecule has 0 radical (unpaired) electrons. The van der Waals surface area contributed by atoms with E-state index < -0.39 is 5.60 Å². The largest absolute Gasteiger partial charge is 0.489 e. The summed E-state index contributed by atoms with van der Waals surface area (Å²) in [5, 5.41) is 12.0. The van der Waals surface area contributed by atoms with Gasteiger partial charge in [-0.25, -0.2) is 0 Å². The van der Waals surface area contributed by atoms with Crippen molar-refractivity contribution in [2.45, 2.75) is 96.2 Å². The van der Waals surface area contributed by atoms with E-state index in [4.69, 9.17) is 4.74 Å². The van der Waals surface area contributed by atoms with Crippen LogP contribution in [0.25, 0.3) is 0 Å². The van der Waals surface area contributed by atoms with Gasteiger partial charge in [-0.2, -0.15) is 0 Å². The Morgan fingerprint density at radius 1 is 1.03 bits per heavy atom. The van der Waals surface area contributed by atoms with Crippen LogP contribution < -0.4 is 4.74 Å². The van der Waals surface area contributed by atoms with E-state index in [1.54, 1.807) is 5.56 Å². The number of hydrogen-bond acceptors (Lipinski definition) is 2. The van der Waals surface area contributed by atoms with Crippen molar-refractivity contribution in [3.63, 3.8) is 0 Å². The summed E-state index contributed by atoms with van der Waals surface area (Å²) in [5.41, 5.74) is 4.04.